The van der Waals surface area contributed by atoms with Gasteiger partial charge in [0.05, 0.1) is 5.39 Å². The third-order valence-corrected chi connectivity index (χ3v) is 4.28. The van der Waals surface area contributed by atoms with Gasteiger partial charge in [-0.3, -0.25) is 0 Å². The average molecular weight is 264 g/mol. The summed E-state index contributed by atoms with van der Waals surface area (Å²) in [6.07, 6.45) is 3.69. The summed E-state index contributed by atoms with van der Waals surface area (Å²) in [6, 6.07) is 0. The molecule has 0 aliphatic rings. The number of aromatic nitrogens is 3. The largest absolute Gasteiger partial charge is 0.383 e. The fourth-order valence-corrected chi connectivity index (χ4v) is 3.04. The molecule has 0 saturated carbocycles. The van der Waals surface area contributed by atoms with Crippen molar-refractivity contribution in [2.24, 2.45) is 5.92 Å². The van der Waals surface area contributed by atoms with Crippen LogP contribution in [0.15, 0.2) is 6.33 Å². The van der Waals surface area contributed by atoms with Gasteiger partial charge >= 0.3 is 0 Å². The van der Waals surface area contributed by atoms with E-state index in [2.05, 4.69) is 41.6 Å². The van der Waals surface area contributed by atoms with Gasteiger partial charge in [-0.1, -0.05) is 6.92 Å². The maximum Gasteiger partial charge on any atom is 0.145 e. The van der Waals surface area contributed by atoms with Crippen LogP contribution in [0.25, 0.3) is 11.0 Å². The number of anilines is 1. The van der Waals surface area contributed by atoms with E-state index >= 15 is 0 Å². The molecule has 0 aliphatic heterocycles. The molecule has 2 aromatic heterocycles. The highest BCUT2D eigenvalue weighted by atomic mass is 32.2. The summed E-state index contributed by atoms with van der Waals surface area (Å²) in [5.74, 6) is 2.35. The highest BCUT2D eigenvalue weighted by Crippen LogP contribution is 2.27. The zero-order valence-corrected chi connectivity index (χ0v) is 12.2. The minimum atomic E-state index is 0.580. The predicted molar refractivity (Wildman–Crippen MR) is 79.0 cm³/mol. The van der Waals surface area contributed by atoms with E-state index in [1.165, 1.54) is 11.3 Å². The lowest BCUT2D eigenvalue weighted by Crippen LogP contribution is -2.11. The molecule has 5 heteroatoms. The summed E-state index contributed by atoms with van der Waals surface area (Å²) < 4.78 is 2.27. The molecule has 1 unspecified atom stereocenters. The van der Waals surface area contributed by atoms with Crippen molar-refractivity contribution in [1.29, 1.82) is 0 Å². The van der Waals surface area contributed by atoms with E-state index in [0.29, 0.717) is 11.7 Å². The van der Waals surface area contributed by atoms with E-state index < -0.39 is 0 Å². The Morgan fingerprint density at radius 3 is 2.78 bits per heavy atom. The topological polar surface area (TPSA) is 56.7 Å². The first-order chi connectivity index (χ1) is 8.56. The van der Waals surface area contributed by atoms with Crippen LogP contribution in [0.3, 0.4) is 0 Å². The van der Waals surface area contributed by atoms with Gasteiger partial charge in [0.2, 0.25) is 0 Å². The lowest BCUT2D eigenvalue weighted by atomic mass is 10.2. The molecule has 0 fully saturated rings. The lowest BCUT2D eigenvalue weighted by molar-refractivity contribution is 0.532. The Morgan fingerprint density at radius 1 is 1.39 bits per heavy atom. The van der Waals surface area contributed by atoms with Crippen molar-refractivity contribution in [3.8, 4) is 0 Å². The number of fused-ring (bicyclic) bond motifs is 1. The van der Waals surface area contributed by atoms with E-state index in [1.54, 1.807) is 6.33 Å². The molecular formula is C13H20N4S. The number of rotatable bonds is 4. The third kappa shape index (κ3) is 2.19. The zero-order chi connectivity index (χ0) is 13.3. The van der Waals surface area contributed by atoms with Gasteiger partial charge in [0.25, 0.3) is 0 Å². The Bertz CT molecular complexity index is 562. The van der Waals surface area contributed by atoms with Crippen molar-refractivity contribution >= 4 is 28.6 Å². The Labute approximate surface area is 112 Å². The number of thioether (sulfide) groups is 1. The second-order valence-corrected chi connectivity index (χ2v) is 5.75. The zero-order valence-electron chi connectivity index (χ0n) is 11.4. The van der Waals surface area contributed by atoms with Gasteiger partial charge in [-0.2, -0.15) is 11.8 Å². The molecule has 2 rings (SSSR count). The molecule has 0 aliphatic carbocycles. The smallest absolute Gasteiger partial charge is 0.145 e. The fourth-order valence-electron chi connectivity index (χ4n) is 2.37. The molecule has 4 nitrogen and oxygen atoms in total. The standard InChI is InChI=1S/C13H20N4S/c1-8(6-18-4)5-17-10(3)9(2)11-12(14)15-7-16-13(11)17/h7-8H,5-6H2,1-4H3,(H2,14,15,16). The molecule has 0 aromatic carbocycles. The van der Waals surface area contributed by atoms with E-state index in [9.17, 15) is 0 Å². The summed E-state index contributed by atoms with van der Waals surface area (Å²) in [5.41, 5.74) is 9.36. The molecule has 2 aromatic rings. The Kier molecular flexibility index (Phi) is 3.80. The molecule has 0 radical (unpaired) electrons. The number of nitrogens with two attached hydrogens (primary N) is 1. The summed E-state index contributed by atoms with van der Waals surface area (Å²) in [6.45, 7) is 7.46. The van der Waals surface area contributed by atoms with E-state index in [-0.39, 0.29) is 0 Å². The van der Waals surface area contributed by atoms with Crippen molar-refractivity contribution in [3.63, 3.8) is 0 Å². The minimum absolute atomic E-state index is 0.580. The highest BCUT2D eigenvalue weighted by molar-refractivity contribution is 7.98. The first-order valence-corrected chi connectivity index (χ1v) is 7.50. The van der Waals surface area contributed by atoms with Crippen LogP contribution < -0.4 is 5.73 Å². The van der Waals surface area contributed by atoms with Crippen LogP contribution in [0.2, 0.25) is 0 Å². The lowest BCUT2D eigenvalue weighted by Gasteiger charge is -2.13. The summed E-state index contributed by atoms with van der Waals surface area (Å²) in [7, 11) is 0. The highest BCUT2D eigenvalue weighted by Gasteiger charge is 2.16. The monoisotopic (exact) mass is 264 g/mol. The molecule has 0 spiro atoms. The van der Waals surface area contributed by atoms with Gasteiger partial charge in [-0.15, -0.1) is 0 Å². The van der Waals surface area contributed by atoms with E-state index in [4.69, 9.17) is 5.73 Å². The molecular weight excluding hydrogens is 244 g/mol. The molecule has 2 N–H and O–H groups in total. The van der Waals surface area contributed by atoms with Crippen LogP contribution in [0.5, 0.6) is 0 Å². The predicted octanol–water partition coefficient (Wildman–Crippen LogP) is 2.63. The second-order valence-electron chi connectivity index (χ2n) is 4.84. The quantitative estimate of drug-likeness (QED) is 0.922. The Balaban J connectivity index is 2.50. The van der Waals surface area contributed by atoms with Gasteiger partial charge in [0.1, 0.15) is 17.8 Å². The van der Waals surface area contributed by atoms with Crippen LogP contribution in [-0.2, 0) is 6.54 Å². The van der Waals surface area contributed by atoms with Crippen LogP contribution in [-0.4, -0.2) is 26.5 Å². The van der Waals surface area contributed by atoms with Crippen LogP contribution in [0, 0.1) is 19.8 Å². The average Bonchev–Trinajstić information content (AvgIpc) is 2.56. The number of nitrogen functional groups attached to an aromatic ring is 1. The van der Waals surface area contributed by atoms with E-state index in [0.717, 1.165) is 23.3 Å². The van der Waals surface area contributed by atoms with Gasteiger partial charge in [-0.05, 0) is 37.3 Å². The Hall–Kier alpha value is -1.23. The maximum atomic E-state index is 5.96. The molecule has 0 saturated heterocycles. The van der Waals surface area contributed by atoms with E-state index in [1.807, 2.05) is 11.8 Å². The van der Waals surface area contributed by atoms with Crippen LogP contribution in [0.1, 0.15) is 18.2 Å². The number of nitrogens with zero attached hydrogens (tertiary/aromatic N) is 3. The van der Waals surface area contributed by atoms with Crippen molar-refractivity contribution in [3.05, 3.63) is 17.6 Å². The number of hydrogen-bond donors (Lipinski definition) is 1. The summed E-state index contributed by atoms with van der Waals surface area (Å²) >= 11 is 1.88. The third-order valence-electron chi connectivity index (χ3n) is 3.38. The second kappa shape index (κ2) is 5.18. The number of hydrogen-bond acceptors (Lipinski definition) is 4. The first-order valence-electron chi connectivity index (χ1n) is 6.11. The van der Waals surface area contributed by atoms with Gasteiger partial charge < -0.3 is 10.3 Å². The van der Waals surface area contributed by atoms with Crippen molar-refractivity contribution in [2.45, 2.75) is 27.3 Å². The summed E-state index contributed by atoms with van der Waals surface area (Å²) in [5, 5.41) is 1.01. The normalized spacial score (nSPS) is 13.1. The van der Waals surface area contributed by atoms with Crippen LogP contribution in [0.4, 0.5) is 5.82 Å². The van der Waals surface area contributed by atoms with Crippen molar-refractivity contribution < 1.29 is 0 Å². The summed E-state index contributed by atoms with van der Waals surface area (Å²) in [4.78, 5) is 8.49. The maximum absolute atomic E-state index is 5.96. The molecule has 98 valence electrons. The SMILES string of the molecule is CSCC(C)Cn1c(C)c(C)c2c(N)ncnc21. The fraction of sp³-hybridized carbons (Fsp3) is 0.538. The van der Waals surface area contributed by atoms with Crippen molar-refractivity contribution in [2.75, 3.05) is 17.7 Å². The molecule has 18 heavy (non-hydrogen) atoms. The minimum Gasteiger partial charge on any atom is -0.383 e. The number of aryl methyl sites for hydroxylation is 1. The van der Waals surface area contributed by atoms with Gasteiger partial charge in [0.15, 0.2) is 0 Å². The van der Waals surface area contributed by atoms with Crippen LogP contribution >= 0.6 is 11.8 Å². The van der Waals surface area contributed by atoms with Gasteiger partial charge in [0, 0.05) is 12.2 Å². The molecule has 0 amide bonds. The molecule has 1 atom stereocenters. The first kappa shape index (κ1) is 13.2. The van der Waals surface area contributed by atoms with Crippen molar-refractivity contribution in [1.82, 2.24) is 14.5 Å². The molecule has 0 bridgehead atoms. The Morgan fingerprint density at radius 2 is 2.11 bits per heavy atom. The molecule has 2 heterocycles. The van der Waals surface area contributed by atoms with Gasteiger partial charge in [-0.25, -0.2) is 9.97 Å².